The number of carbonyl (C=O) groups is 1. The van der Waals surface area contributed by atoms with Gasteiger partial charge in [0.15, 0.2) is 0 Å². The van der Waals surface area contributed by atoms with Crippen molar-refractivity contribution < 1.29 is 13.2 Å². The van der Waals surface area contributed by atoms with Gasteiger partial charge < -0.3 is 4.57 Å². The first-order chi connectivity index (χ1) is 11.9. The van der Waals surface area contributed by atoms with E-state index in [1.54, 1.807) is 28.8 Å². The van der Waals surface area contributed by atoms with Crippen LogP contribution in [0, 0.1) is 0 Å². The fourth-order valence-corrected chi connectivity index (χ4v) is 3.99. The van der Waals surface area contributed by atoms with Crippen LogP contribution in [0.5, 0.6) is 0 Å². The molecule has 0 spiro atoms. The second-order valence-corrected chi connectivity index (χ2v) is 8.15. The molecule has 5 nitrogen and oxygen atoms in total. The van der Waals surface area contributed by atoms with Crippen molar-refractivity contribution in [2.45, 2.75) is 4.90 Å². The number of amides is 1. The van der Waals surface area contributed by atoms with Crippen molar-refractivity contribution in [1.82, 2.24) is 9.29 Å². The highest BCUT2D eigenvalue weighted by Gasteiger charge is 2.21. The predicted octanol–water partition coefficient (Wildman–Crippen LogP) is 4.01. The van der Waals surface area contributed by atoms with Gasteiger partial charge in [-0.25, -0.2) is 13.1 Å². The minimum atomic E-state index is -4.01. The average molecular weight is 440 g/mol. The van der Waals surface area contributed by atoms with Crippen LogP contribution in [0.3, 0.4) is 0 Å². The average Bonchev–Trinajstić information content (AvgIpc) is 3.09. The zero-order valence-electron chi connectivity index (χ0n) is 12.7. The Morgan fingerprint density at radius 3 is 2.44 bits per heavy atom. The van der Waals surface area contributed by atoms with Gasteiger partial charge >= 0.3 is 0 Å². The summed E-state index contributed by atoms with van der Waals surface area (Å²) >= 11 is 9.29. The van der Waals surface area contributed by atoms with E-state index in [1.807, 2.05) is 29.2 Å². The Morgan fingerprint density at radius 2 is 1.76 bits per heavy atom. The Bertz CT molecular complexity index is 1030. The Morgan fingerprint density at radius 1 is 1.04 bits per heavy atom. The molecule has 3 aromatic rings. The SMILES string of the molecule is O=C(NS(=O)(=O)c1cccc(Br)c1)c1cc(-n2cccc2)ccc1Cl. The van der Waals surface area contributed by atoms with Gasteiger partial charge in [0.05, 0.1) is 15.5 Å². The lowest BCUT2D eigenvalue weighted by molar-refractivity contribution is 0.0981. The molecular formula is C17H12BrClN2O3S. The quantitative estimate of drug-likeness (QED) is 0.668. The summed E-state index contributed by atoms with van der Waals surface area (Å²) in [4.78, 5) is 12.4. The second-order valence-electron chi connectivity index (χ2n) is 5.15. The molecule has 0 aliphatic rings. The topological polar surface area (TPSA) is 68.2 Å². The van der Waals surface area contributed by atoms with Gasteiger partial charge in [-0.1, -0.05) is 33.6 Å². The molecule has 0 atom stereocenters. The minimum absolute atomic E-state index is 0.0205. The van der Waals surface area contributed by atoms with Crippen molar-refractivity contribution in [2.75, 3.05) is 0 Å². The first-order valence-corrected chi connectivity index (χ1v) is 9.78. The number of hydrogen-bond donors (Lipinski definition) is 1. The molecule has 0 radical (unpaired) electrons. The smallest absolute Gasteiger partial charge is 0.266 e. The standard InChI is InChI=1S/C17H12BrClN2O3S/c18-12-4-3-5-14(10-12)25(23,24)20-17(22)15-11-13(6-7-16(15)19)21-8-1-2-9-21/h1-11H,(H,20,22). The van der Waals surface area contributed by atoms with Crippen LogP contribution in [-0.2, 0) is 10.0 Å². The first kappa shape index (κ1) is 17.7. The van der Waals surface area contributed by atoms with Gasteiger partial charge in [0.2, 0.25) is 0 Å². The lowest BCUT2D eigenvalue weighted by atomic mass is 10.2. The molecule has 128 valence electrons. The maximum absolute atomic E-state index is 12.5. The van der Waals surface area contributed by atoms with Gasteiger partial charge in [-0.15, -0.1) is 0 Å². The molecule has 1 aromatic heterocycles. The minimum Gasteiger partial charge on any atom is -0.324 e. The van der Waals surface area contributed by atoms with E-state index in [0.29, 0.717) is 10.2 Å². The highest BCUT2D eigenvalue weighted by atomic mass is 79.9. The third kappa shape index (κ3) is 3.95. The van der Waals surface area contributed by atoms with Crippen LogP contribution in [-0.4, -0.2) is 18.9 Å². The molecule has 0 aliphatic heterocycles. The van der Waals surface area contributed by atoms with Gasteiger partial charge in [-0.05, 0) is 48.5 Å². The van der Waals surface area contributed by atoms with Crippen LogP contribution in [0.25, 0.3) is 5.69 Å². The highest BCUT2D eigenvalue weighted by Crippen LogP contribution is 2.21. The number of sulfonamides is 1. The van der Waals surface area contributed by atoms with Crippen molar-refractivity contribution in [3.8, 4) is 5.69 Å². The lowest BCUT2D eigenvalue weighted by Gasteiger charge is -2.10. The van der Waals surface area contributed by atoms with Gasteiger partial charge in [0, 0.05) is 22.6 Å². The molecule has 0 fully saturated rings. The van der Waals surface area contributed by atoms with Crippen LogP contribution in [0.2, 0.25) is 5.02 Å². The van der Waals surface area contributed by atoms with Crippen LogP contribution < -0.4 is 4.72 Å². The van der Waals surface area contributed by atoms with Crippen LogP contribution in [0.4, 0.5) is 0 Å². The first-order valence-electron chi connectivity index (χ1n) is 7.12. The van der Waals surface area contributed by atoms with Crippen LogP contribution >= 0.6 is 27.5 Å². The van der Waals surface area contributed by atoms with Gasteiger partial charge in [-0.2, -0.15) is 0 Å². The fraction of sp³-hybridized carbons (Fsp3) is 0. The molecule has 1 N–H and O–H groups in total. The summed E-state index contributed by atoms with van der Waals surface area (Å²) in [6.07, 6.45) is 3.62. The van der Waals surface area contributed by atoms with Gasteiger partial charge in [-0.3, -0.25) is 4.79 Å². The number of carbonyl (C=O) groups excluding carboxylic acids is 1. The van der Waals surface area contributed by atoms with E-state index in [9.17, 15) is 13.2 Å². The molecule has 25 heavy (non-hydrogen) atoms. The van der Waals surface area contributed by atoms with E-state index in [0.717, 1.165) is 0 Å². The van der Waals surface area contributed by atoms with Crippen molar-refractivity contribution in [3.05, 3.63) is 82.0 Å². The maximum atomic E-state index is 12.5. The molecule has 2 aromatic carbocycles. The third-order valence-electron chi connectivity index (χ3n) is 3.43. The largest absolute Gasteiger partial charge is 0.324 e. The Balaban J connectivity index is 1.92. The van der Waals surface area contributed by atoms with Crippen molar-refractivity contribution in [1.29, 1.82) is 0 Å². The molecule has 0 aliphatic carbocycles. The zero-order chi connectivity index (χ0) is 18.0. The molecule has 0 bridgehead atoms. The monoisotopic (exact) mass is 438 g/mol. The molecular weight excluding hydrogens is 428 g/mol. The molecule has 1 amide bonds. The van der Waals surface area contributed by atoms with E-state index in [2.05, 4.69) is 15.9 Å². The number of aromatic nitrogens is 1. The van der Waals surface area contributed by atoms with E-state index in [1.165, 1.54) is 18.2 Å². The predicted molar refractivity (Wildman–Crippen MR) is 99.6 cm³/mol. The number of nitrogens with one attached hydrogen (secondary N) is 1. The third-order valence-corrected chi connectivity index (χ3v) is 5.58. The van der Waals surface area contributed by atoms with E-state index < -0.39 is 15.9 Å². The fourth-order valence-electron chi connectivity index (χ4n) is 2.22. The van der Waals surface area contributed by atoms with Gasteiger partial charge in [0.25, 0.3) is 15.9 Å². The summed E-state index contributed by atoms with van der Waals surface area (Å²) in [6, 6.07) is 14.6. The molecule has 0 saturated carbocycles. The zero-order valence-corrected chi connectivity index (χ0v) is 15.8. The van der Waals surface area contributed by atoms with E-state index in [-0.39, 0.29) is 15.5 Å². The molecule has 8 heteroatoms. The summed E-state index contributed by atoms with van der Waals surface area (Å²) in [5.41, 5.74) is 0.769. The summed E-state index contributed by atoms with van der Waals surface area (Å²) < 4.78 is 29.2. The molecule has 0 saturated heterocycles. The number of benzene rings is 2. The normalized spacial score (nSPS) is 11.3. The van der Waals surface area contributed by atoms with Crippen molar-refractivity contribution in [2.24, 2.45) is 0 Å². The van der Waals surface area contributed by atoms with E-state index in [4.69, 9.17) is 11.6 Å². The van der Waals surface area contributed by atoms with Crippen LogP contribution in [0.15, 0.2) is 76.4 Å². The number of halogens is 2. The number of hydrogen-bond acceptors (Lipinski definition) is 3. The Kier molecular flexibility index (Phi) is 4.99. The molecule has 1 heterocycles. The molecule has 3 rings (SSSR count). The summed E-state index contributed by atoms with van der Waals surface area (Å²) in [5, 5.41) is 0.165. The summed E-state index contributed by atoms with van der Waals surface area (Å²) in [7, 11) is -4.01. The lowest BCUT2D eigenvalue weighted by Crippen LogP contribution is -2.30. The number of nitrogens with zero attached hydrogens (tertiary/aromatic N) is 1. The number of rotatable bonds is 4. The van der Waals surface area contributed by atoms with Crippen molar-refractivity contribution >= 4 is 43.5 Å². The van der Waals surface area contributed by atoms with Crippen LogP contribution in [0.1, 0.15) is 10.4 Å². The summed E-state index contributed by atoms with van der Waals surface area (Å²) in [6.45, 7) is 0. The van der Waals surface area contributed by atoms with Crippen molar-refractivity contribution in [3.63, 3.8) is 0 Å². The molecule has 0 unspecified atom stereocenters. The Hall–Kier alpha value is -2.09. The maximum Gasteiger partial charge on any atom is 0.266 e. The summed E-state index contributed by atoms with van der Waals surface area (Å²) in [5.74, 6) is -0.793. The van der Waals surface area contributed by atoms with Gasteiger partial charge in [0.1, 0.15) is 0 Å². The van der Waals surface area contributed by atoms with E-state index >= 15 is 0 Å². The Labute approximate surface area is 158 Å². The second kappa shape index (κ2) is 7.03. The highest BCUT2D eigenvalue weighted by molar-refractivity contribution is 9.10.